The molecule has 0 saturated heterocycles. The van der Waals surface area contributed by atoms with Crippen LogP contribution in [0.2, 0.25) is 0 Å². The van der Waals surface area contributed by atoms with Crippen LogP contribution < -0.4 is 5.32 Å². The Kier molecular flexibility index (Phi) is 5.01. The molecule has 0 fully saturated rings. The molecule has 1 aliphatic rings. The lowest BCUT2D eigenvalue weighted by Crippen LogP contribution is -2.36. The minimum Gasteiger partial charge on any atom is -0.346 e. The van der Waals surface area contributed by atoms with E-state index in [1.807, 2.05) is 18.2 Å². The zero-order valence-corrected chi connectivity index (χ0v) is 16.5. The smallest absolute Gasteiger partial charge is 0.244 e. The Morgan fingerprint density at radius 2 is 2.14 bits per heavy atom. The summed E-state index contributed by atoms with van der Waals surface area (Å²) in [5.74, 6) is -0.465. The van der Waals surface area contributed by atoms with Crippen molar-refractivity contribution in [3.63, 3.8) is 0 Å². The zero-order chi connectivity index (χ0) is 20.4. The van der Waals surface area contributed by atoms with Crippen LogP contribution in [-0.2, 0) is 11.2 Å². The van der Waals surface area contributed by atoms with Crippen LogP contribution >= 0.6 is 0 Å². The monoisotopic (exact) mass is 390 g/mol. The number of hydrogen-bond donors (Lipinski definition) is 1. The van der Waals surface area contributed by atoms with Gasteiger partial charge in [0.2, 0.25) is 5.91 Å². The van der Waals surface area contributed by atoms with Gasteiger partial charge in [-0.1, -0.05) is 26.0 Å². The van der Waals surface area contributed by atoms with Crippen LogP contribution in [0.25, 0.3) is 11.8 Å². The molecule has 6 heteroatoms. The summed E-state index contributed by atoms with van der Waals surface area (Å²) in [7, 11) is 0. The number of amides is 1. The van der Waals surface area contributed by atoms with Gasteiger partial charge >= 0.3 is 0 Å². The quantitative estimate of drug-likeness (QED) is 0.678. The first kappa shape index (κ1) is 19.1. The number of fused-ring (bicyclic) bond motifs is 1. The molecule has 1 N–H and O–H groups in total. The van der Waals surface area contributed by atoms with Gasteiger partial charge in [0, 0.05) is 24.0 Å². The maximum Gasteiger partial charge on any atom is 0.244 e. The van der Waals surface area contributed by atoms with Gasteiger partial charge in [0.1, 0.15) is 5.82 Å². The minimum atomic E-state index is -0.299. The molecule has 1 atom stereocenters. The highest BCUT2D eigenvalue weighted by atomic mass is 19.1. The molecule has 3 aromatic rings. The summed E-state index contributed by atoms with van der Waals surface area (Å²) in [6.07, 6.45) is 10.1. The van der Waals surface area contributed by atoms with Crippen LogP contribution in [0.4, 0.5) is 4.39 Å². The maximum absolute atomic E-state index is 13.7. The summed E-state index contributed by atoms with van der Waals surface area (Å²) in [5, 5.41) is 7.60. The molecule has 5 nitrogen and oxygen atoms in total. The topological polar surface area (TPSA) is 59.8 Å². The molecule has 0 radical (unpaired) electrons. The van der Waals surface area contributed by atoms with Crippen molar-refractivity contribution < 1.29 is 9.18 Å². The number of rotatable bonds is 4. The predicted octanol–water partition coefficient (Wildman–Crippen LogP) is 4.25. The fourth-order valence-electron chi connectivity index (χ4n) is 3.87. The molecular formula is C23H23FN4O. The van der Waals surface area contributed by atoms with Crippen LogP contribution in [0.1, 0.15) is 43.1 Å². The molecule has 148 valence electrons. The van der Waals surface area contributed by atoms with Gasteiger partial charge in [-0.15, -0.1) is 0 Å². The Bertz CT molecular complexity index is 1060. The van der Waals surface area contributed by atoms with Gasteiger partial charge in [-0.3, -0.25) is 9.78 Å². The standard InChI is InChI=1S/C23H23FN4O/c1-23(2)12-20(27-22(29)9-8-16-5-4-10-25-14-16)19-15-26-28(21(19)13-23)18-7-3-6-17(24)11-18/h3-11,14-15,20H,12-13H2,1-2H3,(H,27,29)/b9-8+. The van der Waals surface area contributed by atoms with E-state index < -0.39 is 0 Å². The normalized spacial score (nSPS) is 17.8. The summed E-state index contributed by atoms with van der Waals surface area (Å²) in [6.45, 7) is 4.34. The molecule has 0 aliphatic heterocycles. The highest BCUT2D eigenvalue weighted by molar-refractivity contribution is 5.92. The number of nitrogens with one attached hydrogen (secondary N) is 1. The van der Waals surface area contributed by atoms with Crippen molar-refractivity contribution in [2.45, 2.75) is 32.7 Å². The number of halogens is 1. The van der Waals surface area contributed by atoms with Gasteiger partial charge in [-0.05, 0) is 54.2 Å². The third kappa shape index (κ3) is 4.26. The zero-order valence-electron chi connectivity index (χ0n) is 16.5. The summed E-state index contributed by atoms with van der Waals surface area (Å²) in [6, 6.07) is 9.97. The Hall–Kier alpha value is -3.28. The van der Waals surface area contributed by atoms with E-state index in [1.54, 1.807) is 35.4 Å². The molecule has 4 rings (SSSR count). The summed E-state index contributed by atoms with van der Waals surface area (Å²) < 4.78 is 15.5. The number of nitrogens with zero attached hydrogens (tertiary/aromatic N) is 3. The van der Waals surface area contributed by atoms with E-state index in [0.717, 1.165) is 29.7 Å². The van der Waals surface area contributed by atoms with Crippen LogP contribution in [0.3, 0.4) is 0 Å². The molecule has 1 aliphatic carbocycles. The van der Waals surface area contributed by atoms with Crippen molar-refractivity contribution in [2.75, 3.05) is 0 Å². The van der Waals surface area contributed by atoms with Crippen molar-refractivity contribution >= 4 is 12.0 Å². The Morgan fingerprint density at radius 1 is 1.28 bits per heavy atom. The minimum absolute atomic E-state index is 0.0247. The fourth-order valence-corrected chi connectivity index (χ4v) is 3.87. The highest BCUT2D eigenvalue weighted by Gasteiger charge is 2.35. The first-order chi connectivity index (χ1) is 13.9. The van der Waals surface area contributed by atoms with E-state index in [4.69, 9.17) is 0 Å². The van der Waals surface area contributed by atoms with E-state index in [2.05, 4.69) is 29.2 Å². The Balaban J connectivity index is 1.60. The number of pyridine rings is 1. The largest absolute Gasteiger partial charge is 0.346 e. The highest BCUT2D eigenvalue weighted by Crippen LogP contribution is 2.41. The molecule has 2 heterocycles. The van der Waals surface area contributed by atoms with Gasteiger partial charge in [0.25, 0.3) is 0 Å². The first-order valence-corrected chi connectivity index (χ1v) is 9.63. The van der Waals surface area contributed by atoms with Crippen LogP contribution in [-0.4, -0.2) is 20.7 Å². The summed E-state index contributed by atoms with van der Waals surface area (Å²) in [5.41, 5.74) is 3.52. The van der Waals surface area contributed by atoms with Crippen molar-refractivity contribution in [1.29, 1.82) is 0 Å². The number of aromatic nitrogens is 3. The van der Waals surface area contributed by atoms with Gasteiger partial charge in [-0.25, -0.2) is 9.07 Å². The van der Waals surface area contributed by atoms with Crippen LogP contribution in [0, 0.1) is 11.2 Å². The maximum atomic E-state index is 13.7. The predicted molar refractivity (Wildman–Crippen MR) is 110 cm³/mol. The molecular weight excluding hydrogens is 367 g/mol. The lowest BCUT2D eigenvalue weighted by Gasteiger charge is -2.35. The van der Waals surface area contributed by atoms with Gasteiger partial charge < -0.3 is 5.32 Å². The summed E-state index contributed by atoms with van der Waals surface area (Å²) in [4.78, 5) is 16.6. The third-order valence-corrected chi connectivity index (χ3v) is 5.16. The molecule has 0 spiro atoms. The molecule has 0 bridgehead atoms. The van der Waals surface area contributed by atoms with Gasteiger partial charge in [-0.2, -0.15) is 5.10 Å². The molecule has 1 aromatic carbocycles. The average molecular weight is 390 g/mol. The van der Waals surface area contributed by atoms with E-state index in [1.165, 1.54) is 18.2 Å². The number of carbonyl (C=O) groups is 1. The molecule has 29 heavy (non-hydrogen) atoms. The van der Waals surface area contributed by atoms with Crippen molar-refractivity contribution in [3.8, 4) is 5.69 Å². The molecule has 0 saturated carbocycles. The van der Waals surface area contributed by atoms with Gasteiger partial charge in [0.05, 0.1) is 23.6 Å². The Labute approximate surface area is 169 Å². The second-order valence-electron chi connectivity index (χ2n) is 8.16. The van der Waals surface area contributed by atoms with Crippen molar-refractivity contribution in [1.82, 2.24) is 20.1 Å². The molecule has 1 unspecified atom stereocenters. The second-order valence-corrected chi connectivity index (χ2v) is 8.16. The Morgan fingerprint density at radius 3 is 2.90 bits per heavy atom. The molecule has 1 amide bonds. The number of carbonyl (C=O) groups excluding carboxylic acids is 1. The lowest BCUT2D eigenvalue weighted by molar-refractivity contribution is -0.117. The number of hydrogen-bond acceptors (Lipinski definition) is 3. The van der Waals surface area contributed by atoms with E-state index in [0.29, 0.717) is 5.69 Å². The van der Waals surface area contributed by atoms with Crippen molar-refractivity contribution in [3.05, 3.63) is 83.7 Å². The fraction of sp³-hybridized carbons (Fsp3) is 0.261. The molecule has 2 aromatic heterocycles. The van der Waals surface area contributed by atoms with E-state index >= 15 is 0 Å². The lowest BCUT2D eigenvalue weighted by atomic mass is 9.74. The van der Waals surface area contributed by atoms with Crippen molar-refractivity contribution in [2.24, 2.45) is 5.41 Å². The third-order valence-electron chi connectivity index (χ3n) is 5.16. The first-order valence-electron chi connectivity index (χ1n) is 9.63. The van der Waals surface area contributed by atoms with Crippen LogP contribution in [0.5, 0.6) is 0 Å². The van der Waals surface area contributed by atoms with Gasteiger partial charge in [0.15, 0.2) is 0 Å². The summed E-state index contributed by atoms with van der Waals surface area (Å²) >= 11 is 0. The van der Waals surface area contributed by atoms with E-state index in [-0.39, 0.29) is 23.2 Å². The number of benzene rings is 1. The SMILES string of the molecule is CC1(C)Cc2c(cnn2-c2cccc(F)c2)C(NC(=O)/C=C/c2cccnc2)C1. The van der Waals surface area contributed by atoms with Crippen LogP contribution in [0.15, 0.2) is 61.1 Å². The second kappa shape index (κ2) is 7.62. The average Bonchev–Trinajstić information content (AvgIpc) is 3.10. The van der Waals surface area contributed by atoms with E-state index in [9.17, 15) is 9.18 Å².